The van der Waals surface area contributed by atoms with E-state index < -0.39 is 0 Å². The fourth-order valence-corrected chi connectivity index (χ4v) is 6.39. The van der Waals surface area contributed by atoms with Crippen molar-refractivity contribution < 1.29 is 19.1 Å². The third-order valence-corrected chi connectivity index (χ3v) is 8.41. The number of hydrazine groups is 1. The minimum absolute atomic E-state index is 0.181. The van der Waals surface area contributed by atoms with Gasteiger partial charge in [0.05, 0.1) is 27.2 Å². The Labute approximate surface area is 212 Å². The van der Waals surface area contributed by atoms with Crippen molar-refractivity contribution in [3.63, 3.8) is 0 Å². The average molecular weight is 507 g/mol. The Morgan fingerprint density at radius 3 is 1.47 bits per heavy atom. The van der Waals surface area contributed by atoms with E-state index >= 15 is 0 Å². The summed E-state index contributed by atoms with van der Waals surface area (Å²) in [6, 6.07) is 3.91. The molecule has 2 aliphatic heterocycles. The predicted octanol–water partition coefficient (Wildman–Crippen LogP) is 6.64. The molecule has 0 saturated carbocycles. The number of thioether (sulfide) groups is 2. The molecule has 188 valence electrons. The quantitative estimate of drug-likeness (QED) is 0.160. The molecule has 0 bridgehead atoms. The van der Waals surface area contributed by atoms with E-state index in [-0.39, 0.29) is 17.4 Å². The largest absolute Gasteiger partial charge is 0.492 e. The number of carbonyl (C=O) groups is 2. The highest BCUT2D eigenvalue weighted by molar-refractivity contribution is 8.25. The van der Waals surface area contributed by atoms with Gasteiger partial charge in [0, 0.05) is 13.1 Å². The second-order valence-corrected chi connectivity index (χ2v) is 10.9. The lowest BCUT2D eigenvalue weighted by Gasteiger charge is -2.27. The molecule has 34 heavy (non-hydrogen) atoms. The number of carbonyl (C=O) groups excluding carboxylic acids is 2. The number of hydrogen-bond donors (Lipinski definition) is 0. The van der Waals surface area contributed by atoms with Crippen LogP contribution in [0.1, 0.15) is 79.1 Å². The smallest absolute Gasteiger partial charge is 0.279 e. The highest BCUT2D eigenvalue weighted by Gasteiger charge is 2.44. The topological polar surface area (TPSA) is 59.1 Å². The van der Waals surface area contributed by atoms with Gasteiger partial charge in [-0.2, -0.15) is 0 Å². The maximum atomic E-state index is 13.4. The lowest BCUT2D eigenvalue weighted by atomic mass is 10.3. The number of nitrogens with zero attached hydrogens (tertiary/aromatic N) is 2. The Kier molecular flexibility index (Phi) is 10.5. The van der Waals surface area contributed by atoms with Crippen LogP contribution in [-0.2, 0) is 9.59 Å². The first-order chi connectivity index (χ1) is 16.6. The van der Waals surface area contributed by atoms with Crippen molar-refractivity contribution in [2.45, 2.75) is 88.9 Å². The Balaban J connectivity index is 1.94. The van der Waals surface area contributed by atoms with E-state index in [0.717, 1.165) is 76.9 Å². The van der Waals surface area contributed by atoms with Crippen LogP contribution in [0.3, 0.4) is 0 Å². The molecule has 2 heterocycles. The molecule has 1 saturated heterocycles. The van der Waals surface area contributed by atoms with Crippen molar-refractivity contribution in [1.82, 2.24) is 10.0 Å². The van der Waals surface area contributed by atoms with E-state index in [9.17, 15) is 9.59 Å². The monoisotopic (exact) mass is 506 g/mol. The first kappa shape index (κ1) is 26.8. The molecule has 0 N–H and O–H groups in total. The summed E-state index contributed by atoms with van der Waals surface area (Å²) in [6.45, 7) is 10.9. The zero-order valence-electron chi connectivity index (χ0n) is 21.0. The molecule has 0 unspecified atom stereocenters. The SMILES string of the molecule is CCCCOc1ccc(OCCCC)c2c1SC(=C1C(=O)N(CCCC)N(CCCC)C1=O)S2. The van der Waals surface area contributed by atoms with Gasteiger partial charge < -0.3 is 9.47 Å². The van der Waals surface area contributed by atoms with Crippen LogP contribution in [0.5, 0.6) is 11.5 Å². The first-order valence-electron chi connectivity index (χ1n) is 12.7. The second-order valence-electron chi connectivity index (χ2n) is 8.55. The number of unbranched alkanes of at least 4 members (excludes halogenated alkanes) is 4. The summed E-state index contributed by atoms with van der Waals surface area (Å²) in [5.74, 6) is 1.23. The molecule has 0 aliphatic carbocycles. The van der Waals surface area contributed by atoms with E-state index in [1.54, 1.807) is 10.0 Å². The average Bonchev–Trinajstić information content (AvgIpc) is 3.36. The van der Waals surface area contributed by atoms with Gasteiger partial charge in [0.25, 0.3) is 11.8 Å². The summed E-state index contributed by atoms with van der Waals surface area (Å²) in [6.07, 6.45) is 7.75. The van der Waals surface area contributed by atoms with Gasteiger partial charge in [0.1, 0.15) is 17.1 Å². The Bertz CT molecular complexity index is 834. The summed E-state index contributed by atoms with van der Waals surface area (Å²) in [7, 11) is 0. The first-order valence-corrected chi connectivity index (χ1v) is 14.4. The molecule has 1 fully saturated rings. The van der Waals surface area contributed by atoms with Crippen molar-refractivity contribution in [2.75, 3.05) is 26.3 Å². The van der Waals surface area contributed by atoms with Crippen LogP contribution in [0.4, 0.5) is 0 Å². The van der Waals surface area contributed by atoms with Crippen molar-refractivity contribution >= 4 is 35.3 Å². The second kappa shape index (κ2) is 13.3. The minimum Gasteiger partial charge on any atom is -0.492 e. The Morgan fingerprint density at radius 2 is 1.09 bits per heavy atom. The Morgan fingerprint density at radius 1 is 0.676 bits per heavy atom. The normalized spacial score (nSPS) is 15.5. The van der Waals surface area contributed by atoms with E-state index in [4.69, 9.17) is 9.47 Å². The van der Waals surface area contributed by atoms with Gasteiger partial charge in [0.2, 0.25) is 0 Å². The molecule has 6 nitrogen and oxygen atoms in total. The van der Waals surface area contributed by atoms with Gasteiger partial charge >= 0.3 is 0 Å². The van der Waals surface area contributed by atoms with E-state index in [1.807, 2.05) is 12.1 Å². The van der Waals surface area contributed by atoms with E-state index in [0.29, 0.717) is 26.3 Å². The highest BCUT2D eigenvalue weighted by atomic mass is 32.2. The molecule has 0 spiro atoms. The summed E-state index contributed by atoms with van der Waals surface area (Å²) in [4.78, 5) is 28.8. The Hall–Kier alpha value is -1.80. The molecule has 1 aromatic rings. The molecule has 0 radical (unpaired) electrons. The molecule has 2 amide bonds. The third-order valence-electron chi connectivity index (χ3n) is 5.78. The standard InChI is InChI=1S/C26H38N2O4S2/c1-5-9-15-27-24(29)21(25(30)28(27)16-10-6-2)26-33-22-19(31-17-11-7-3)13-14-20(23(22)34-26)32-18-12-8-4/h13-14H,5-12,15-18H2,1-4H3. The minimum atomic E-state index is -0.181. The van der Waals surface area contributed by atoms with Gasteiger partial charge in [-0.3, -0.25) is 9.59 Å². The van der Waals surface area contributed by atoms with Crippen molar-refractivity contribution in [3.8, 4) is 11.5 Å². The molecule has 1 aromatic carbocycles. The summed E-state index contributed by atoms with van der Waals surface area (Å²) in [5, 5.41) is 3.32. The maximum Gasteiger partial charge on any atom is 0.279 e. The molecular weight excluding hydrogens is 468 g/mol. The third kappa shape index (κ3) is 6.06. The lowest BCUT2D eigenvalue weighted by molar-refractivity contribution is -0.147. The zero-order chi connectivity index (χ0) is 24.5. The molecule has 0 aromatic heterocycles. The number of rotatable bonds is 14. The van der Waals surface area contributed by atoms with Gasteiger partial charge in [-0.25, -0.2) is 10.0 Å². The summed E-state index contributed by atoms with van der Waals surface area (Å²) >= 11 is 2.95. The number of amides is 2. The predicted molar refractivity (Wildman–Crippen MR) is 139 cm³/mol. The van der Waals surface area contributed by atoms with Crippen LogP contribution in [0.25, 0.3) is 0 Å². The lowest BCUT2D eigenvalue weighted by Crippen LogP contribution is -2.42. The molecule has 0 atom stereocenters. The molecule has 3 rings (SSSR count). The van der Waals surface area contributed by atoms with Gasteiger partial charge in [0.15, 0.2) is 0 Å². The number of fused-ring (bicyclic) bond motifs is 1. The van der Waals surface area contributed by atoms with Gasteiger partial charge in [-0.05, 0) is 37.8 Å². The fraction of sp³-hybridized carbons (Fsp3) is 0.615. The maximum absolute atomic E-state index is 13.4. The molecule has 8 heteroatoms. The van der Waals surface area contributed by atoms with Crippen LogP contribution in [-0.4, -0.2) is 48.1 Å². The van der Waals surface area contributed by atoms with Crippen molar-refractivity contribution in [1.29, 1.82) is 0 Å². The van der Waals surface area contributed by atoms with Crippen LogP contribution < -0.4 is 9.47 Å². The van der Waals surface area contributed by atoms with Crippen LogP contribution in [0.2, 0.25) is 0 Å². The fourth-order valence-electron chi connectivity index (χ4n) is 3.71. The van der Waals surface area contributed by atoms with Gasteiger partial charge in [-0.15, -0.1) is 0 Å². The number of benzene rings is 1. The molecular formula is C26H38N2O4S2. The van der Waals surface area contributed by atoms with Crippen LogP contribution in [0.15, 0.2) is 31.7 Å². The van der Waals surface area contributed by atoms with Gasteiger partial charge in [-0.1, -0.05) is 76.9 Å². The van der Waals surface area contributed by atoms with Crippen molar-refractivity contribution in [3.05, 3.63) is 21.9 Å². The highest BCUT2D eigenvalue weighted by Crippen LogP contribution is 2.59. The summed E-state index contributed by atoms with van der Waals surface area (Å²) < 4.78 is 12.9. The van der Waals surface area contributed by atoms with E-state index in [1.165, 1.54) is 23.5 Å². The number of hydrogen-bond acceptors (Lipinski definition) is 6. The zero-order valence-corrected chi connectivity index (χ0v) is 22.6. The summed E-state index contributed by atoms with van der Waals surface area (Å²) in [5.41, 5.74) is 0.289. The molecule has 2 aliphatic rings. The van der Waals surface area contributed by atoms with E-state index in [2.05, 4.69) is 27.7 Å². The van der Waals surface area contributed by atoms with Crippen molar-refractivity contribution in [2.24, 2.45) is 0 Å². The van der Waals surface area contributed by atoms with Crippen LogP contribution in [0, 0.1) is 0 Å². The number of ether oxygens (including phenoxy) is 2. The van der Waals surface area contributed by atoms with Crippen LogP contribution >= 0.6 is 23.5 Å².